The molecule has 0 aliphatic rings. The Kier molecular flexibility index (Phi) is 8.54. The summed E-state index contributed by atoms with van der Waals surface area (Å²) < 4.78 is 11.2. The second-order valence-corrected chi connectivity index (χ2v) is 5.80. The fraction of sp³-hybridized carbons (Fsp3) is 0.316. The summed E-state index contributed by atoms with van der Waals surface area (Å²) in [6.07, 6.45) is 0. The maximum Gasteiger partial charge on any atom is 0.195 e. The van der Waals surface area contributed by atoms with Crippen molar-refractivity contribution >= 4 is 29.9 Å². The molecule has 0 radical (unpaired) electrons. The van der Waals surface area contributed by atoms with Gasteiger partial charge in [-0.05, 0) is 29.8 Å². The largest absolute Gasteiger partial charge is 0.493 e. The molecule has 2 aromatic carbocycles. The summed E-state index contributed by atoms with van der Waals surface area (Å²) in [4.78, 5) is 8.64. The molecule has 0 fully saturated rings. The molecule has 0 aliphatic carbocycles. The van der Waals surface area contributed by atoms with Crippen LogP contribution in [0.15, 0.2) is 53.5 Å². The highest BCUT2D eigenvalue weighted by atomic mass is 127. The Bertz CT molecular complexity index is 675. The zero-order valence-electron chi connectivity index (χ0n) is 15.4. The van der Waals surface area contributed by atoms with E-state index in [1.54, 1.807) is 7.11 Å². The highest BCUT2D eigenvalue weighted by Gasteiger charge is 2.06. The lowest BCUT2D eigenvalue weighted by molar-refractivity contribution is 0.379. The topological polar surface area (TPSA) is 37.3 Å². The van der Waals surface area contributed by atoms with Gasteiger partial charge in [-0.1, -0.05) is 24.3 Å². The Balaban J connectivity index is 0.00000312. The minimum Gasteiger partial charge on any atom is -0.493 e. The number of nitrogens with zero attached hydrogens (tertiary/aromatic N) is 3. The van der Waals surface area contributed by atoms with Gasteiger partial charge in [-0.3, -0.25) is 0 Å². The quantitative estimate of drug-likeness (QED) is 0.387. The molecule has 0 N–H and O–H groups in total. The van der Waals surface area contributed by atoms with E-state index in [2.05, 4.69) is 4.99 Å². The van der Waals surface area contributed by atoms with Crippen molar-refractivity contribution in [1.29, 1.82) is 0 Å². The number of rotatable bonds is 5. The molecule has 0 spiro atoms. The van der Waals surface area contributed by atoms with Gasteiger partial charge in [-0.15, -0.1) is 24.0 Å². The van der Waals surface area contributed by atoms with Crippen LogP contribution in [-0.2, 0) is 6.54 Å². The van der Waals surface area contributed by atoms with Crippen LogP contribution in [0.1, 0.15) is 5.56 Å². The van der Waals surface area contributed by atoms with Crippen molar-refractivity contribution in [1.82, 2.24) is 9.80 Å². The Morgan fingerprint density at radius 3 is 1.96 bits per heavy atom. The highest BCUT2D eigenvalue weighted by Crippen LogP contribution is 2.30. The summed E-state index contributed by atoms with van der Waals surface area (Å²) in [6, 6.07) is 15.5. The molecule has 0 saturated heterocycles. The predicted octanol–water partition coefficient (Wildman–Crippen LogP) is 4.08. The molecule has 2 aromatic rings. The van der Waals surface area contributed by atoms with Crippen molar-refractivity contribution in [3.8, 4) is 17.2 Å². The summed E-state index contributed by atoms with van der Waals surface area (Å²) in [7, 11) is 9.59. The summed E-state index contributed by atoms with van der Waals surface area (Å²) in [5, 5.41) is 0. The van der Waals surface area contributed by atoms with Crippen molar-refractivity contribution < 1.29 is 9.47 Å². The second kappa shape index (κ2) is 10.1. The summed E-state index contributed by atoms with van der Waals surface area (Å²) in [5.41, 5.74) is 1.13. The fourth-order valence-electron chi connectivity index (χ4n) is 2.34. The molecule has 0 atom stereocenters. The van der Waals surface area contributed by atoms with Gasteiger partial charge in [-0.25, -0.2) is 4.99 Å². The van der Waals surface area contributed by atoms with E-state index in [4.69, 9.17) is 9.47 Å². The van der Waals surface area contributed by atoms with Gasteiger partial charge in [0.1, 0.15) is 5.75 Å². The third-order valence-corrected chi connectivity index (χ3v) is 3.42. The average molecular weight is 455 g/mol. The Hall–Kier alpha value is -1.96. The summed E-state index contributed by atoms with van der Waals surface area (Å²) in [5.74, 6) is 3.12. The first-order valence-corrected chi connectivity index (χ1v) is 7.80. The number of halogens is 1. The molecule has 0 heterocycles. The van der Waals surface area contributed by atoms with Crippen LogP contribution < -0.4 is 9.47 Å². The fourth-order valence-corrected chi connectivity index (χ4v) is 2.34. The smallest absolute Gasteiger partial charge is 0.195 e. The predicted molar refractivity (Wildman–Crippen MR) is 113 cm³/mol. The van der Waals surface area contributed by atoms with Crippen molar-refractivity contribution in [3.05, 3.63) is 54.1 Å². The lowest BCUT2D eigenvalue weighted by Gasteiger charge is -2.22. The highest BCUT2D eigenvalue weighted by molar-refractivity contribution is 14.0. The van der Waals surface area contributed by atoms with Crippen LogP contribution >= 0.6 is 24.0 Å². The van der Waals surface area contributed by atoms with E-state index in [0.717, 1.165) is 17.3 Å². The average Bonchev–Trinajstić information content (AvgIpc) is 2.56. The van der Waals surface area contributed by atoms with Crippen LogP contribution in [0.3, 0.4) is 0 Å². The number of benzene rings is 2. The van der Waals surface area contributed by atoms with E-state index in [1.807, 2.05) is 86.5 Å². The Morgan fingerprint density at radius 1 is 0.880 bits per heavy atom. The van der Waals surface area contributed by atoms with Gasteiger partial charge in [0.2, 0.25) is 0 Å². The van der Waals surface area contributed by atoms with Gasteiger partial charge < -0.3 is 19.3 Å². The second-order valence-electron chi connectivity index (χ2n) is 5.80. The van der Waals surface area contributed by atoms with Crippen molar-refractivity contribution in [2.75, 3.05) is 35.3 Å². The maximum atomic E-state index is 5.88. The van der Waals surface area contributed by atoms with Crippen LogP contribution in [0.2, 0.25) is 0 Å². The van der Waals surface area contributed by atoms with E-state index in [1.165, 1.54) is 0 Å². The molecule has 0 aliphatic heterocycles. The van der Waals surface area contributed by atoms with Gasteiger partial charge in [-0.2, -0.15) is 0 Å². The molecule has 0 unspecified atom stereocenters. The Morgan fingerprint density at radius 2 is 1.44 bits per heavy atom. The monoisotopic (exact) mass is 455 g/mol. The molecule has 2 rings (SSSR count). The zero-order valence-corrected chi connectivity index (χ0v) is 17.7. The van der Waals surface area contributed by atoms with E-state index in [9.17, 15) is 0 Å². The number of guanidine groups is 1. The number of hydrogen-bond acceptors (Lipinski definition) is 3. The van der Waals surface area contributed by atoms with E-state index in [0.29, 0.717) is 18.0 Å². The molecular formula is C19H26IN3O2. The zero-order chi connectivity index (χ0) is 17.5. The van der Waals surface area contributed by atoms with E-state index >= 15 is 0 Å². The standard InChI is InChI=1S/C19H25N3O2.HI/c1-21(2)19(22(3)4)20-14-15-10-12-16(13-11-15)24-18-9-7-6-8-17(18)23-5;/h6-13H,14H2,1-5H3;1H. The van der Waals surface area contributed by atoms with Gasteiger partial charge >= 0.3 is 0 Å². The first kappa shape index (κ1) is 21.1. The maximum absolute atomic E-state index is 5.88. The first-order valence-electron chi connectivity index (χ1n) is 7.80. The van der Waals surface area contributed by atoms with Crippen molar-refractivity contribution in [2.24, 2.45) is 4.99 Å². The van der Waals surface area contributed by atoms with Gasteiger partial charge in [0.15, 0.2) is 17.5 Å². The molecule has 0 saturated carbocycles. The van der Waals surface area contributed by atoms with Gasteiger partial charge in [0, 0.05) is 28.2 Å². The van der Waals surface area contributed by atoms with Crippen LogP contribution in [0.25, 0.3) is 0 Å². The molecule has 25 heavy (non-hydrogen) atoms. The SMILES string of the molecule is COc1ccccc1Oc1ccc(CN=C(N(C)C)N(C)C)cc1.I. The van der Waals surface area contributed by atoms with Crippen molar-refractivity contribution in [3.63, 3.8) is 0 Å². The van der Waals surface area contributed by atoms with Crippen LogP contribution in [0, 0.1) is 0 Å². The molecule has 136 valence electrons. The number of methoxy groups -OCH3 is 1. The first-order chi connectivity index (χ1) is 11.5. The van der Waals surface area contributed by atoms with Crippen LogP contribution in [0.4, 0.5) is 0 Å². The summed E-state index contributed by atoms with van der Waals surface area (Å²) in [6.45, 7) is 0.626. The van der Waals surface area contributed by atoms with Crippen molar-refractivity contribution in [2.45, 2.75) is 6.54 Å². The Labute approximate surface area is 167 Å². The summed E-state index contributed by atoms with van der Waals surface area (Å²) >= 11 is 0. The lowest BCUT2D eigenvalue weighted by Crippen LogP contribution is -2.35. The van der Waals surface area contributed by atoms with Gasteiger partial charge in [0.05, 0.1) is 13.7 Å². The number of para-hydroxylation sites is 2. The third kappa shape index (κ3) is 6.12. The van der Waals surface area contributed by atoms with Gasteiger partial charge in [0.25, 0.3) is 0 Å². The van der Waals surface area contributed by atoms with E-state index in [-0.39, 0.29) is 24.0 Å². The van der Waals surface area contributed by atoms with E-state index < -0.39 is 0 Å². The molecule has 6 heteroatoms. The van der Waals surface area contributed by atoms with Crippen LogP contribution in [-0.4, -0.2) is 51.1 Å². The molecule has 0 amide bonds. The number of ether oxygens (including phenoxy) is 2. The number of hydrogen-bond donors (Lipinski definition) is 0. The lowest BCUT2D eigenvalue weighted by atomic mass is 10.2. The molecular weight excluding hydrogens is 429 g/mol. The molecule has 0 aromatic heterocycles. The minimum atomic E-state index is 0. The molecule has 0 bridgehead atoms. The number of aliphatic imine (C=N–C) groups is 1. The van der Waals surface area contributed by atoms with Crippen LogP contribution in [0.5, 0.6) is 17.2 Å². The molecule has 5 nitrogen and oxygen atoms in total. The minimum absolute atomic E-state index is 0. The third-order valence-electron chi connectivity index (χ3n) is 3.42. The normalized spacial score (nSPS) is 9.64.